The number of nitrogens with zero attached hydrogens (tertiary/aromatic N) is 3. The number of anilines is 1. The largest absolute Gasteiger partial charge is 0.384 e. The SMILES string of the molecule is C[C@H]1[C@@H]2CN(C(=O)[C@@H](C)O)C[C@H]2C[C@H]1Nc1c(C(N)=O)cnn2cc(-c3ccc(C(=O)NC4CC4)cc3)cc12. The van der Waals surface area contributed by atoms with Crippen LogP contribution < -0.4 is 16.4 Å². The number of aliphatic hydroxyl groups is 1. The summed E-state index contributed by atoms with van der Waals surface area (Å²) in [5.74, 6) is 0.0656. The van der Waals surface area contributed by atoms with Crippen molar-refractivity contribution >= 4 is 28.9 Å². The van der Waals surface area contributed by atoms with Crippen molar-refractivity contribution < 1.29 is 19.5 Å². The van der Waals surface area contributed by atoms with Gasteiger partial charge in [0.15, 0.2) is 0 Å². The summed E-state index contributed by atoms with van der Waals surface area (Å²) >= 11 is 0. The van der Waals surface area contributed by atoms with E-state index in [2.05, 4.69) is 22.7 Å². The Morgan fingerprint density at radius 2 is 1.87 bits per heavy atom. The lowest BCUT2D eigenvalue weighted by molar-refractivity contribution is -0.138. The second-order valence-electron chi connectivity index (χ2n) is 11.4. The topological polar surface area (TPSA) is 142 Å². The number of aliphatic hydroxyl groups excluding tert-OH is 1. The summed E-state index contributed by atoms with van der Waals surface area (Å²) in [6, 6.07) is 9.85. The van der Waals surface area contributed by atoms with Gasteiger partial charge < -0.3 is 26.4 Å². The predicted octanol–water partition coefficient (Wildman–Crippen LogP) is 2.27. The molecule has 1 aromatic carbocycles. The Bertz CT molecular complexity index is 1440. The fourth-order valence-corrected chi connectivity index (χ4v) is 6.26. The summed E-state index contributed by atoms with van der Waals surface area (Å²) in [5.41, 5.74) is 9.94. The number of hydrogen-bond donors (Lipinski definition) is 4. The molecule has 3 fully saturated rings. The Morgan fingerprint density at radius 1 is 1.13 bits per heavy atom. The molecule has 2 aliphatic carbocycles. The highest BCUT2D eigenvalue weighted by atomic mass is 16.3. The van der Waals surface area contributed by atoms with Crippen LogP contribution in [-0.2, 0) is 4.79 Å². The third-order valence-electron chi connectivity index (χ3n) is 8.65. The lowest BCUT2D eigenvalue weighted by Gasteiger charge is -2.26. The first-order chi connectivity index (χ1) is 18.7. The zero-order chi connectivity index (χ0) is 27.4. The fraction of sp³-hybridized carbons (Fsp3) is 0.448. The van der Waals surface area contributed by atoms with Crippen LogP contribution in [0.5, 0.6) is 0 Å². The second-order valence-corrected chi connectivity index (χ2v) is 11.4. The lowest BCUT2D eigenvalue weighted by Crippen LogP contribution is -2.38. The molecule has 0 radical (unpaired) electrons. The summed E-state index contributed by atoms with van der Waals surface area (Å²) in [4.78, 5) is 38.8. The molecule has 204 valence electrons. The Kier molecular flexibility index (Phi) is 6.29. The van der Waals surface area contributed by atoms with E-state index in [4.69, 9.17) is 5.73 Å². The lowest BCUT2D eigenvalue weighted by atomic mass is 9.93. The molecule has 0 unspecified atom stereocenters. The summed E-state index contributed by atoms with van der Waals surface area (Å²) in [7, 11) is 0. The van der Waals surface area contributed by atoms with E-state index in [1.807, 2.05) is 36.5 Å². The van der Waals surface area contributed by atoms with Gasteiger partial charge in [-0.3, -0.25) is 14.4 Å². The Labute approximate surface area is 226 Å². The van der Waals surface area contributed by atoms with Crippen molar-refractivity contribution in [2.75, 3.05) is 18.4 Å². The number of likely N-dealkylation sites (tertiary alicyclic amines) is 1. The molecule has 3 amide bonds. The number of hydrogen-bond acceptors (Lipinski definition) is 6. The Balaban J connectivity index is 1.25. The third-order valence-corrected chi connectivity index (χ3v) is 8.65. The molecule has 3 heterocycles. The number of aromatic nitrogens is 2. The highest BCUT2D eigenvalue weighted by Crippen LogP contribution is 2.44. The van der Waals surface area contributed by atoms with Crippen molar-refractivity contribution in [1.29, 1.82) is 0 Å². The first-order valence-corrected chi connectivity index (χ1v) is 13.7. The van der Waals surface area contributed by atoms with Crippen LogP contribution in [0.2, 0.25) is 0 Å². The van der Waals surface area contributed by atoms with Crippen molar-refractivity contribution in [3.63, 3.8) is 0 Å². The summed E-state index contributed by atoms with van der Waals surface area (Å²) in [6.45, 7) is 4.95. The van der Waals surface area contributed by atoms with E-state index in [9.17, 15) is 19.5 Å². The van der Waals surface area contributed by atoms with Gasteiger partial charge in [0.05, 0.1) is 23.0 Å². The average molecular weight is 531 g/mol. The van der Waals surface area contributed by atoms with Crippen molar-refractivity contribution in [3.8, 4) is 11.1 Å². The molecular weight excluding hydrogens is 496 g/mol. The number of amides is 3. The zero-order valence-electron chi connectivity index (χ0n) is 22.1. The molecular formula is C29H34N6O4. The minimum atomic E-state index is -0.990. The highest BCUT2D eigenvalue weighted by molar-refractivity contribution is 6.02. The van der Waals surface area contributed by atoms with Gasteiger partial charge in [-0.2, -0.15) is 5.10 Å². The molecule has 10 heteroatoms. The van der Waals surface area contributed by atoms with E-state index in [0.717, 1.165) is 35.9 Å². The number of carbonyl (C=O) groups is 3. The van der Waals surface area contributed by atoms with Crippen molar-refractivity contribution in [1.82, 2.24) is 19.8 Å². The third kappa shape index (κ3) is 4.73. The number of carbonyl (C=O) groups excluding carboxylic acids is 3. The van der Waals surface area contributed by atoms with Gasteiger partial charge in [-0.05, 0) is 67.7 Å². The normalized spacial score (nSPS) is 24.9. The molecule has 1 saturated heterocycles. The minimum absolute atomic E-state index is 0.0563. The maximum atomic E-state index is 12.4. The maximum Gasteiger partial charge on any atom is 0.252 e. The maximum absolute atomic E-state index is 12.4. The van der Waals surface area contributed by atoms with Crippen molar-refractivity contribution in [3.05, 3.63) is 53.9 Å². The molecule has 5 N–H and O–H groups in total. The standard InChI is InChI=1S/C29H34N6O4/c1-15-23-14-34(29(39)16(2)36)12-20(23)9-24(15)33-26-22(27(30)37)11-31-35-13-19(10-25(26)35)17-3-5-18(6-4-17)28(38)32-21-7-8-21/h3-6,10-11,13,15-16,20-21,23-24,33,36H,7-9,12,14H2,1-2H3,(H2,30,37)(H,32,38)/t15-,16+,20+,23-,24+/m0/s1. The summed E-state index contributed by atoms with van der Waals surface area (Å²) < 4.78 is 1.74. The van der Waals surface area contributed by atoms with Gasteiger partial charge >= 0.3 is 0 Å². The molecule has 5 atom stereocenters. The van der Waals surface area contributed by atoms with E-state index in [-0.39, 0.29) is 23.8 Å². The van der Waals surface area contributed by atoms with Crippen LogP contribution in [0.3, 0.4) is 0 Å². The van der Waals surface area contributed by atoms with Gasteiger partial charge in [-0.15, -0.1) is 0 Å². The Morgan fingerprint density at radius 3 is 2.51 bits per heavy atom. The van der Waals surface area contributed by atoms with Gasteiger partial charge in [0.1, 0.15) is 6.10 Å². The van der Waals surface area contributed by atoms with Crippen LogP contribution in [0.1, 0.15) is 53.8 Å². The predicted molar refractivity (Wildman–Crippen MR) is 146 cm³/mol. The molecule has 6 rings (SSSR count). The molecule has 3 aromatic rings. The van der Waals surface area contributed by atoms with E-state index in [1.165, 1.54) is 13.1 Å². The van der Waals surface area contributed by atoms with Crippen LogP contribution in [0.4, 0.5) is 5.69 Å². The number of fused-ring (bicyclic) bond motifs is 2. The smallest absolute Gasteiger partial charge is 0.252 e. The van der Waals surface area contributed by atoms with Crippen LogP contribution >= 0.6 is 0 Å². The number of nitrogens with two attached hydrogens (primary N) is 1. The number of nitrogens with one attached hydrogen (secondary N) is 2. The molecule has 10 nitrogen and oxygen atoms in total. The first kappa shape index (κ1) is 25.4. The molecule has 2 saturated carbocycles. The van der Waals surface area contributed by atoms with Crippen LogP contribution in [0.15, 0.2) is 42.7 Å². The molecule has 39 heavy (non-hydrogen) atoms. The highest BCUT2D eigenvalue weighted by Gasteiger charge is 2.47. The van der Waals surface area contributed by atoms with Gasteiger partial charge in [-0.1, -0.05) is 19.1 Å². The average Bonchev–Trinajstić information content (AvgIpc) is 3.34. The minimum Gasteiger partial charge on any atom is -0.384 e. The van der Waals surface area contributed by atoms with Crippen LogP contribution in [0.25, 0.3) is 16.6 Å². The van der Waals surface area contributed by atoms with Gasteiger partial charge in [0.25, 0.3) is 17.7 Å². The summed E-state index contributed by atoms with van der Waals surface area (Å²) in [5, 5.41) is 20.8. The van der Waals surface area contributed by atoms with Crippen LogP contribution in [0, 0.1) is 17.8 Å². The van der Waals surface area contributed by atoms with E-state index >= 15 is 0 Å². The second kappa shape index (κ2) is 9.68. The zero-order valence-corrected chi connectivity index (χ0v) is 22.1. The van der Waals surface area contributed by atoms with Crippen LogP contribution in [-0.4, -0.2) is 68.6 Å². The molecule has 3 aliphatic rings. The van der Waals surface area contributed by atoms with Crippen molar-refractivity contribution in [2.24, 2.45) is 23.5 Å². The van der Waals surface area contributed by atoms with E-state index in [0.29, 0.717) is 47.8 Å². The van der Waals surface area contributed by atoms with Gasteiger partial charge in [0, 0.05) is 42.5 Å². The van der Waals surface area contributed by atoms with E-state index in [1.54, 1.807) is 9.42 Å². The summed E-state index contributed by atoms with van der Waals surface area (Å²) in [6.07, 6.45) is 5.34. The molecule has 1 aliphatic heterocycles. The first-order valence-electron chi connectivity index (χ1n) is 13.7. The van der Waals surface area contributed by atoms with Crippen molar-refractivity contribution in [2.45, 2.75) is 51.3 Å². The molecule has 0 spiro atoms. The monoisotopic (exact) mass is 530 g/mol. The Hall–Kier alpha value is -3.92. The number of rotatable bonds is 7. The molecule has 2 aromatic heterocycles. The quantitative estimate of drug-likeness (QED) is 0.369. The van der Waals surface area contributed by atoms with Gasteiger partial charge in [0.2, 0.25) is 0 Å². The molecule has 0 bridgehead atoms. The van der Waals surface area contributed by atoms with Gasteiger partial charge in [-0.25, -0.2) is 4.52 Å². The number of benzene rings is 1. The van der Waals surface area contributed by atoms with E-state index < -0.39 is 12.0 Å². The fourth-order valence-electron chi connectivity index (χ4n) is 6.26. The number of primary amides is 1.